The molecule has 1 aliphatic rings. The lowest BCUT2D eigenvalue weighted by Crippen LogP contribution is -2.45. The van der Waals surface area contributed by atoms with Crippen LogP contribution in [0.25, 0.3) is 0 Å². The van der Waals surface area contributed by atoms with Crippen molar-refractivity contribution in [2.75, 3.05) is 13.2 Å². The highest BCUT2D eigenvalue weighted by atomic mass is 19.1. The molecule has 0 aromatic heterocycles. The van der Waals surface area contributed by atoms with E-state index >= 15 is 0 Å². The van der Waals surface area contributed by atoms with Crippen molar-refractivity contribution in [1.82, 2.24) is 5.32 Å². The van der Waals surface area contributed by atoms with E-state index in [-0.39, 0.29) is 5.82 Å². The second-order valence-corrected chi connectivity index (χ2v) is 4.46. The third kappa shape index (κ3) is 5.29. The van der Waals surface area contributed by atoms with Crippen molar-refractivity contribution in [2.24, 2.45) is 0 Å². The predicted octanol–water partition coefficient (Wildman–Crippen LogP) is 3.04. The van der Waals surface area contributed by atoms with Crippen LogP contribution in [0.4, 0.5) is 4.39 Å². The fourth-order valence-electron chi connectivity index (χ4n) is 1.53. The number of aryl methyl sites for hydroxylation is 1. The van der Waals surface area contributed by atoms with Gasteiger partial charge in [-0.25, -0.2) is 4.39 Å². The van der Waals surface area contributed by atoms with Crippen molar-refractivity contribution >= 4 is 0 Å². The van der Waals surface area contributed by atoms with Gasteiger partial charge in [-0.3, -0.25) is 0 Å². The maximum Gasteiger partial charge on any atom is 0.123 e. The van der Waals surface area contributed by atoms with Gasteiger partial charge in [-0.05, 0) is 30.2 Å². The van der Waals surface area contributed by atoms with Crippen LogP contribution >= 0.6 is 0 Å². The molecule has 0 amide bonds. The lowest BCUT2D eigenvalue weighted by Gasteiger charge is -2.27. The number of halogens is 1. The molecule has 1 aromatic rings. The van der Waals surface area contributed by atoms with E-state index < -0.39 is 0 Å². The van der Waals surface area contributed by atoms with Gasteiger partial charge in [0.15, 0.2) is 0 Å². The molecule has 2 nitrogen and oxygen atoms in total. The summed E-state index contributed by atoms with van der Waals surface area (Å²) >= 11 is 0. The van der Waals surface area contributed by atoms with Gasteiger partial charge in [0.25, 0.3) is 0 Å². The number of benzene rings is 1. The summed E-state index contributed by atoms with van der Waals surface area (Å²) in [5.74, 6) is -0.161. The lowest BCUT2D eigenvalue weighted by atomic mass is 10.1. The van der Waals surface area contributed by atoms with Crippen molar-refractivity contribution in [3.63, 3.8) is 0 Å². The summed E-state index contributed by atoms with van der Waals surface area (Å²) in [7, 11) is 0. The van der Waals surface area contributed by atoms with Crippen LogP contribution in [0, 0.1) is 12.7 Å². The summed E-state index contributed by atoms with van der Waals surface area (Å²) in [5.41, 5.74) is 1.96. The van der Waals surface area contributed by atoms with Crippen molar-refractivity contribution < 1.29 is 9.13 Å². The van der Waals surface area contributed by atoms with E-state index in [1.165, 1.54) is 12.5 Å². The average Bonchev–Trinajstić information content (AvgIpc) is 2.14. The van der Waals surface area contributed by atoms with E-state index in [9.17, 15) is 4.39 Å². The molecule has 0 aliphatic carbocycles. The monoisotopic (exact) mass is 239 g/mol. The van der Waals surface area contributed by atoms with Crippen LogP contribution in [0.3, 0.4) is 0 Å². The molecule has 17 heavy (non-hydrogen) atoms. The molecular formula is C14H22FNO. The van der Waals surface area contributed by atoms with Crippen molar-refractivity contribution in [3.05, 3.63) is 35.1 Å². The third-order valence-corrected chi connectivity index (χ3v) is 2.33. The van der Waals surface area contributed by atoms with E-state index in [0.29, 0.717) is 12.6 Å². The van der Waals surface area contributed by atoms with Crippen LogP contribution in [0.15, 0.2) is 18.2 Å². The zero-order valence-corrected chi connectivity index (χ0v) is 10.9. The van der Waals surface area contributed by atoms with Gasteiger partial charge in [-0.2, -0.15) is 0 Å². The number of hydrogen-bond donors (Lipinski definition) is 1. The Kier molecular flexibility index (Phi) is 6.16. The standard InChI is InChI=1S/C11H14FNO.C3H8/c1-8-2-9(4-10(12)3-8)5-13-11-6-14-7-11;1-3-2/h2-4,11,13H,5-7H2,1H3;3H2,1-2H3. The van der Waals surface area contributed by atoms with Crippen molar-refractivity contribution in [3.8, 4) is 0 Å². The highest BCUT2D eigenvalue weighted by Crippen LogP contribution is 2.09. The second-order valence-electron chi connectivity index (χ2n) is 4.46. The normalized spacial score (nSPS) is 14.8. The Morgan fingerprint density at radius 3 is 2.41 bits per heavy atom. The number of ether oxygens (including phenoxy) is 1. The zero-order valence-electron chi connectivity index (χ0n) is 10.9. The molecule has 3 heteroatoms. The first-order valence-corrected chi connectivity index (χ1v) is 6.22. The minimum atomic E-state index is -0.161. The molecule has 1 saturated heterocycles. The summed E-state index contributed by atoms with van der Waals surface area (Å²) in [6.45, 7) is 8.41. The molecule has 1 N–H and O–H groups in total. The van der Waals surface area contributed by atoms with Crippen LogP contribution in [-0.4, -0.2) is 19.3 Å². The summed E-state index contributed by atoms with van der Waals surface area (Å²) in [5, 5.41) is 3.30. The summed E-state index contributed by atoms with van der Waals surface area (Å²) in [6.07, 6.45) is 1.25. The topological polar surface area (TPSA) is 21.3 Å². The maximum absolute atomic E-state index is 13.0. The molecule has 1 aliphatic heterocycles. The van der Waals surface area contributed by atoms with Crippen LogP contribution in [0.2, 0.25) is 0 Å². The van der Waals surface area contributed by atoms with Gasteiger partial charge in [0.2, 0.25) is 0 Å². The molecule has 0 radical (unpaired) electrons. The van der Waals surface area contributed by atoms with Gasteiger partial charge < -0.3 is 10.1 Å². The minimum Gasteiger partial charge on any atom is -0.378 e. The van der Waals surface area contributed by atoms with E-state index in [2.05, 4.69) is 19.2 Å². The Hall–Kier alpha value is -0.930. The largest absolute Gasteiger partial charge is 0.378 e. The molecule has 0 saturated carbocycles. The Bertz CT molecular complexity index is 317. The number of hydrogen-bond acceptors (Lipinski definition) is 2. The fraction of sp³-hybridized carbons (Fsp3) is 0.571. The van der Waals surface area contributed by atoms with Gasteiger partial charge in [-0.15, -0.1) is 0 Å². The van der Waals surface area contributed by atoms with Gasteiger partial charge in [0, 0.05) is 6.54 Å². The Morgan fingerprint density at radius 1 is 1.29 bits per heavy atom. The summed E-state index contributed by atoms with van der Waals surface area (Å²) in [6, 6.07) is 5.55. The SMILES string of the molecule is CCC.Cc1cc(F)cc(CNC2COC2)c1. The van der Waals surface area contributed by atoms with Gasteiger partial charge >= 0.3 is 0 Å². The Labute approximate surface area is 103 Å². The highest BCUT2D eigenvalue weighted by Gasteiger charge is 2.16. The molecule has 1 aromatic carbocycles. The molecule has 96 valence electrons. The molecular weight excluding hydrogens is 217 g/mol. The predicted molar refractivity (Wildman–Crippen MR) is 68.5 cm³/mol. The van der Waals surface area contributed by atoms with Gasteiger partial charge in [0.05, 0.1) is 19.3 Å². The summed E-state index contributed by atoms with van der Waals surface area (Å²) < 4.78 is 18.0. The van der Waals surface area contributed by atoms with E-state index in [1.54, 1.807) is 6.07 Å². The first-order valence-electron chi connectivity index (χ1n) is 6.22. The zero-order chi connectivity index (χ0) is 12.7. The second kappa shape index (κ2) is 7.41. The van der Waals surface area contributed by atoms with Crippen molar-refractivity contribution in [2.45, 2.75) is 39.8 Å². The molecule has 2 rings (SSSR count). The first kappa shape index (κ1) is 14.1. The Morgan fingerprint density at radius 2 is 1.94 bits per heavy atom. The molecule has 0 bridgehead atoms. The van der Waals surface area contributed by atoms with Gasteiger partial charge in [-0.1, -0.05) is 26.3 Å². The smallest absolute Gasteiger partial charge is 0.123 e. The quantitative estimate of drug-likeness (QED) is 0.875. The van der Waals surface area contributed by atoms with Crippen LogP contribution in [0.5, 0.6) is 0 Å². The average molecular weight is 239 g/mol. The molecule has 1 heterocycles. The summed E-state index contributed by atoms with van der Waals surface area (Å²) in [4.78, 5) is 0. The van der Waals surface area contributed by atoms with Crippen molar-refractivity contribution in [1.29, 1.82) is 0 Å². The van der Waals surface area contributed by atoms with Crippen LogP contribution in [0.1, 0.15) is 31.4 Å². The molecule has 0 atom stereocenters. The molecule has 0 unspecified atom stereocenters. The van der Waals surface area contributed by atoms with Crippen LogP contribution < -0.4 is 5.32 Å². The van der Waals surface area contributed by atoms with E-state index in [0.717, 1.165) is 24.3 Å². The lowest BCUT2D eigenvalue weighted by molar-refractivity contribution is -0.00579. The first-order chi connectivity index (χ1) is 8.15. The third-order valence-electron chi connectivity index (χ3n) is 2.33. The van der Waals surface area contributed by atoms with Gasteiger partial charge in [0.1, 0.15) is 5.82 Å². The highest BCUT2D eigenvalue weighted by molar-refractivity contribution is 5.23. The van der Waals surface area contributed by atoms with E-state index in [4.69, 9.17) is 4.74 Å². The van der Waals surface area contributed by atoms with Crippen LogP contribution in [-0.2, 0) is 11.3 Å². The number of rotatable bonds is 3. The maximum atomic E-state index is 13.0. The molecule has 1 fully saturated rings. The Balaban J connectivity index is 0.000000437. The number of nitrogens with one attached hydrogen (secondary N) is 1. The van der Waals surface area contributed by atoms with E-state index in [1.807, 2.05) is 13.0 Å². The minimum absolute atomic E-state index is 0.161. The molecule has 0 spiro atoms. The fourth-order valence-corrected chi connectivity index (χ4v) is 1.53.